The van der Waals surface area contributed by atoms with E-state index >= 15 is 0 Å². The number of carbonyl (C=O) groups is 3. The maximum Gasteiger partial charge on any atom is 0.242 e. The predicted molar refractivity (Wildman–Crippen MR) is 152 cm³/mol. The fourth-order valence-electron chi connectivity index (χ4n) is 5.22. The Balaban J connectivity index is 1.28. The number of Topliss-reactive ketones (excluding diaryl/α,β-unsaturated/α-hetero) is 1. The Morgan fingerprint density at radius 3 is 2.68 bits per heavy atom. The summed E-state index contributed by atoms with van der Waals surface area (Å²) in [6, 6.07) is 15.9. The summed E-state index contributed by atoms with van der Waals surface area (Å²) in [5, 5.41) is 7.17. The van der Waals surface area contributed by atoms with Crippen molar-refractivity contribution in [2.24, 2.45) is 0 Å². The van der Waals surface area contributed by atoms with E-state index in [1.165, 1.54) is 11.3 Å². The number of hydrogen-bond acceptors (Lipinski definition) is 4. The topological polar surface area (TPSA) is 94.3 Å². The lowest BCUT2D eigenvalue weighted by molar-refractivity contribution is -0.129. The maximum absolute atomic E-state index is 13.1. The number of nitrogens with one attached hydrogen (secondary N) is 3. The lowest BCUT2D eigenvalue weighted by Gasteiger charge is -2.22. The maximum atomic E-state index is 13.1. The molecule has 2 heterocycles. The minimum Gasteiger partial charge on any atom is -0.369 e. The number of fused-ring (bicyclic) bond motifs is 2. The van der Waals surface area contributed by atoms with Crippen molar-refractivity contribution in [3.63, 3.8) is 0 Å². The molecule has 3 N–H and O–H groups in total. The lowest BCUT2D eigenvalue weighted by atomic mass is 10.0. The highest BCUT2D eigenvalue weighted by molar-refractivity contribution is 5.88. The molecule has 0 fully saturated rings. The molecule has 0 spiro atoms. The van der Waals surface area contributed by atoms with E-state index in [4.69, 9.17) is 0 Å². The minimum atomic E-state index is -0.571. The van der Waals surface area contributed by atoms with Crippen LogP contribution in [0, 0.1) is 0 Å². The van der Waals surface area contributed by atoms with Crippen LogP contribution in [0.4, 0.5) is 5.69 Å². The average molecular weight is 517 g/mol. The number of anilines is 1. The van der Waals surface area contributed by atoms with Crippen molar-refractivity contribution in [1.82, 2.24) is 15.6 Å². The molecule has 1 aliphatic heterocycles. The number of unbranched alkanes of at least 4 members (excludes halogenated alkanes) is 2. The van der Waals surface area contributed by atoms with E-state index in [0.717, 1.165) is 55.2 Å². The molecule has 2 amide bonds. The molecule has 7 heteroatoms. The highest BCUT2D eigenvalue weighted by Gasteiger charge is 2.22. The Morgan fingerprint density at radius 1 is 1.00 bits per heavy atom. The van der Waals surface area contributed by atoms with Gasteiger partial charge in [0.15, 0.2) is 0 Å². The normalized spacial score (nSPS) is 13.3. The number of carbonyl (C=O) groups excluding carboxylic acids is 3. The Morgan fingerprint density at radius 2 is 1.82 bits per heavy atom. The fraction of sp³-hybridized carbons (Fsp3) is 0.452. The Bertz CT molecular complexity index is 1230. The molecular weight excluding hydrogens is 476 g/mol. The van der Waals surface area contributed by atoms with Crippen LogP contribution in [0.2, 0.25) is 0 Å². The first-order valence-electron chi connectivity index (χ1n) is 14.0. The van der Waals surface area contributed by atoms with Crippen LogP contribution < -0.4 is 15.5 Å². The smallest absolute Gasteiger partial charge is 0.242 e. The first-order chi connectivity index (χ1) is 18.5. The van der Waals surface area contributed by atoms with Gasteiger partial charge in [-0.25, -0.2) is 0 Å². The average Bonchev–Trinajstić information content (AvgIpc) is 3.55. The third kappa shape index (κ3) is 7.46. The van der Waals surface area contributed by atoms with Crippen molar-refractivity contribution in [2.45, 2.75) is 70.8 Å². The molecule has 0 unspecified atom stereocenters. The van der Waals surface area contributed by atoms with Crippen molar-refractivity contribution in [2.75, 3.05) is 24.5 Å². The largest absolute Gasteiger partial charge is 0.369 e. The second-order valence-electron chi connectivity index (χ2n) is 10.1. The van der Waals surface area contributed by atoms with Gasteiger partial charge in [-0.2, -0.15) is 0 Å². The van der Waals surface area contributed by atoms with Crippen LogP contribution in [-0.2, 0) is 27.2 Å². The highest BCUT2D eigenvalue weighted by Crippen LogP contribution is 2.26. The van der Waals surface area contributed by atoms with Crippen LogP contribution in [0.15, 0.2) is 54.7 Å². The molecule has 1 aliphatic rings. The summed E-state index contributed by atoms with van der Waals surface area (Å²) in [5.41, 5.74) is 4.75. The number of aromatic nitrogens is 1. The minimum absolute atomic E-state index is 0.120. The Kier molecular flexibility index (Phi) is 9.96. The van der Waals surface area contributed by atoms with E-state index in [0.29, 0.717) is 38.6 Å². The summed E-state index contributed by atoms with van der Waals surface area (Å²) in [5.74, 6) is 0.0148. The molecule has 1 atom stereocenters. The number of hydrogen-bond donors (Lipinski definition) is 3. The van der Waals surface area contributed by atoms with E-state index in [2.05, 4.69) is 44.8 Å². The third-order valence-corrected chi connectivity index (χ3v) is 7.46. The van der Waals surface area contributed by atoms with E-state index in [1.54, 1.807) is 0 Å². The molecule has 38 heavy (non-hydrogen) atoms. The molecule has 0 saturated heterocycles. The molecule has 2 aromatic carbocycles. The van der Waals surface area contributed by atoms with Gasteiger partial charge in [-0.05, 0) is 48.9 Å². The summed E-state index contributed by atoms with van der Waals surface area (Å²) >= 11 is 0. The summed E-state index contributed by atoms with van der Waals surface area (Å²) in [4.78, 5) is 43.1. The monoisotopic (exact) mass is 516 g/mol. The Labute approximate surface area is 225 Å². The van der Waals surface area contributed by atoms with Crippen molar-refractivity contribution in [1.29, 1.82) is 0 Å². The predicted octanol–water partition coefficient (Wildman–Crippen LogP) is 4.69. The zero-order valence-electron chi connectivity index (χ0n) is 22.4. The number of H-pyrrole nitrogens is 1. The van der Waals surface area contributed by atoms with Gasteiger partial charge in [-0.3, -0.25) is 14.4 Å². The first-order valence-corrected chi connectivity index (χ1v) is 14.0. The first kappa shape index (κ1) is 27.4. The van der Waals surface area contributed by atoms with Crippen LogP contribution in [0.1, 0.15) is 63.0 Å². The Hall–Kier alpha value is -3.61. The number of rotatable bonds is 15. The van der Waals surface area contributed by atoms with Crippen LogP contribution in [0.3, 0.4) is 0 Å². The summed E-state index contributed by atoms with van der Waals surface area (Å²) in [6.45, 7) is 4.11. The molecule has 1 aromatic heterocycles. The molecule has 7 nitrogen and oxygen atoms in total. The van der Waals surface area contributed by atoms with Crippen molar-refractivity contribution in [3.05, 3.63) is 65.9 Å². The molecule has 4 rings (SSSR count). The highest BCUT2D eigenvalue weighted by atomic mass is 16.2. The zero-order chi connectivity index (χ0) is 26.7. The summed E-state index contributed by atoms with van der Waals surface area (Å²) < 4.78 is 0. The van der Waals surface area contributed by atoms with E-state index < -0.39 is 6.04 Å². The number of benzene rings is 2. The second kappa shape index (κ2) is 13.8. The van der Waals surface area contributed by atoms with Crippen LogP contribution in [0.25, 0.3) is 10.9 Å². The standard InChI is InChI=1S/C31H40N4O3/c1-2-25(36)11-4-3-5-14-28(31(38)32-19-21-35-20-18-23-10-6-9-15-29(23)35)34-30(37)17-16-24-22-33-27-13-8-7-12-26(24)27/h6-10,12-13,15,22,28,33H,2-5,11,14,16-21H2,1H3,(H,32,38)(H,34,37)/t28-/m0/s1. The van der Waals surface area contributed by atoms with E-state index in [-0.39, 0.29) is 17.6 Å². The van der Waals surface area contributed by atoms with Gasteiger partial charge >= 0.3 is 0 Å². The van der Waals surface area contributed by atoms with Crippen molar-refractivity contribution < 1.29 is 14.4 Å². The number of aryl methyl sites for hydroxylation is 1. The van der Waals surface area contributed by atoms with Crippen LogP contribution >= 0.6 is 0 Å². The molecule has 0 bridgehead atoms. The molecule has 202 valence electrons. The van der Waals surface area contributed by atoms with Gasteiger partial charge in [0.2, 0.25) is 11.8 Å². The van der Waals surface area contributed by atoms with Gasteiger partial charge in [-0.15, -0.1) is 0 Å². The SMILES string of the molecule is CCC(=O)CCCCC[C@H](NC(=O)CCc1c[nH]c2ccccc12)C(=O)NCCN1CCc2ccccc21. The molecule has 0 aliphatic carbocycles. The van der Waals surface area contributed by atoms with E-state index in [9.17, 15) is 14.4 Å². The zero-order valence-corrected chi connectivity index (χ0v) is 22.4. The van der Waals surface area contributed by atoms with Gasteiger partial charge in [0.25, 0.3) is 0 Å². The third-order valence-electron chi connectivity index (χ3n) is 7.46. The van der Waals surface area contributed by atoms with Gasteiger partial charge in [0.05, 0.1) is 0 Å². The van der Waals surface area contributed by atoms with E-state index in [1.807, 2.05) is 37.4 Å². The quantitative estimate of drug-likeness (QED) is 0.255. The molecular formula is C31H40N4O3. The second-order valence-corrected chi connectivity index (χ2v) is 10.1. The summed E-state index contributed by atoms with van der Waals surface area (Å²) in [6.07, 6.45) is 8.11. The molecule has 0 saturated carbocycles. The van der Waals surface area contributed by atoms with Gasteiger partial charge < -0.3 is 20.5 Å². The van der Waals surface area contributed by atoms with Gasteiger partial charge in [0.1, 0.15) is 11.8 Å². The molecule has 3 aromatic rings. The number of aromatic amines is 1. The van der Waals surface area contributed by atoms with Crippen LogP contribution in [0.5, 0.6) is 0 Å². The fourth-order valence-corrected chi connectivity index (χ4v) is 5.22. The van der Waals surface area contributed by atoms with Crippen molar-refractivity contribution in [3.8, 4) is 0 Å². The lowest BCUT2D eigenvalue weighted by Crippen LogP contribution is -2.48. The number of para-hydroxylation sites is 2. The molecule has 0 radical (unpaired) electrons. The van der Waals surface area contributed by atoms with Crippen LogP contribution in [-0.4, -0.2) is 48.3 Å². The number of amides is 2. The number of ketones is 1. The van der Waals surface area contributed by atoms with Crippen molar-refractivity contribution >= 4 is 34.2 Å². The number of nitrogens with zero attached hydrogens (tertiary/aromatic N) is 1. The van der Waals surface area contributed by atoms with Gasteiger partial charge in [0, 0.05) is 61.7 Å². The summed E-state index contributed by atoms with van der Waals surface area (Å²) in [7, 11) is 0. The van der Waals surface area contributed by atoms with Gasteiger partial charge in [-0.1, -0.05) is 56.2 Å².